The van der Waals surface area contributed by atoms with Crippen LogP contribution >= 0.6 is 0 Å². The van der Waals surface area contributed by atoms with Gasteiger partial charge >= 0.3 is 5.97 Å². The molecule has 0 amide bonds. The maximum atomic E-state index is 11.1. The van der Waals surface area contributed by atoms with E-state index in [4.69, 9.17) is 5.11 Å². The van der Waals surface area contributed by atoms with Gasteiger partial charge in [0.2, 0.25) is 0 Å². The minimum Gasteiger partial charge on any atom is -0.480 e. The van der Waals surface area contributed by atoms with Gasteiger partial charge in [-0.25, -0.2) is 0 Å². The molecule has 1 aliphatic rings. The lowest BCUT2D eigenvalue weighted by Gasteiger charge is -2.38. The first-order valence-electron chi connectivity index (χ1n) is 5.67. The molecule has 1 aromatic carbocycles. The lowest BCUT2D eigenvalue weighted by Crippen LogP contribution is -2.56. The Hall–Kier alpha value is -1.35. The lowest BCUT2D eigenvalue weighted by atomic mass is 9.76. The zero-order valence-corrected chi connectivity index (χ0v) is 9.49. The topological polar surface area (TPSA) is 49.3 Å². The number of carboxylic acids is 1. The van der Waals surface area contributed by atoms with E-state index in [0.29, 0.717) is 6.54 Å². The summed E-state index contributed by atoms with van der Waals surface area (Å²) in [4.78, 5) is 11.1. The standard InChI is InChI=1S/C13H17NO2/c1-10-5-2-3-6-11(10)9-14-13(12(15)16)7-4-8-13/h2-3,5-6,14H,4,7-9H2,1H3,(H,15,16). The molecular weight excluding hydrogens is 202 g/mol. The molecule has 0 bridgehead atoms. The largest absolute Gasteiger partial charge is 0.480 e. The third-order valence-corrected chi connectivity index (χ3v) is 3.49. The molecule has 2 N–H and O–H groups in total. The minimum atomic E-state index is -0.715. The quantitative estimate of drug-likeness (QED) is 0.815. The molecule has 1 saturated carbocycles. The van der Waals surface area contributed by atoms with Gasteiger partial charge in [0.15, 0.2) is 0 Å². The highest BCUT2D eigenvalue weighted by Crippen LogP contribution is 2.32. The average molecular weight is 219 g/mol. The van der Waals surface area contributed by atoms with Crippen molar-refractivity contribution in [2.45, 2.75) is 38.3 Å². The van der Waals surface area contributed by atoms with Gasteiger partial charge in [0.05, 0.1) is 0 Å². The summed E-state index contributed by atoms with van der Waals surface area (Å²) in [7, 11) is 0. The molecule has 3 heteroatoms. The fraction of sp³-hybridized carbons (Fsp3) is 0.462. The maximum Gasteiger partial charge on any atom is 0.323 e. The first-order chi connectivity index (χ1) is 7.64. The van der Waals surface area contributed by atoms with Crippen molar-refractivity contribution in [3.63, 3.8) is 0 Å². The molecule has 0 heterocycles. The monoisotopic (exact) mass is 219 g/mol. The Bertz CT molecular complexity index is 397. The molecule has 0 radical (unpaired) electrons. The van der Waals surface area contributed by atoms with Crippen LogP contribution in [0.5, 0.6) is 0 Å². The number of aliphatic carboxylic acids is 1. The van der Waals surface area contributed by atoms with E-state index in [-0.39, 0.29) is 0 Å². The van der Waals surface area contributed by atoms with E-state index in [1.165, 1.54) is 11.1 Å². The van der Waals surface area contributed by atoms with Gasteiger partial charge in [-0.2, -0.15) is 0 Å². The van der Waals surface area contributed by atoms with Crippen LogP contribution in [0.2, 0.25) is 0 Å². The van der Waals surface area contributed by atoms with Crippen molar-refractivity contribution in [3.8, 4) is 0 Å². The van der Waals surface area contributed by atoms with Crippen molar-refractivity contribution in [1.29, 1.82) is 0 Å². The predicted octanol–water partition coefficient (Wildman–Crippen LogP) is 2.09. The Morgan fingerprint density at radius 3 is 2.62 bits per heavy atom. The van der Waals surface area contributed by atoms with Crippen LogP contribution in [0.1, 0.15) is 30.4 Å². The predicted molar refractivity (Wildman–Crippen MR) is 62.2 cm³/mol. The summed E-state index contributed by atoms with van der Waals surface area (Å²) in [5.41, 5.74) is 1.72. The number of rotatable bonds is 4. The molecule has 0 atom stereocenters. The van der Waals surface area contributed by atoms with E-state index in [1.54, 1.807) is 0 Å². The van der Waals surface area contributed by atoms with Crippen LogP contribution in [-0.2, 0) is 11.3 Å². The van der Waals surface area contributed by atoms with Crippen LogP contribution < -0.4 is 5.32 Å². The summed E-state index contributed by atoms with van der Waals surface area (Å²) < 4.78 is 0. The molecule has 0 saturated heterocycles. The van der Waals surface area contributed by atoms with Gasteiger partial charge in [0.1, 0.15) is 5.54 Å². The molecule has 0 unspecified atom stereocenters. The number of benzene rings is 1. The van der Waals surface area contributed by atoms with E-state index in [0.717, 1.165) is 19.3 Å². The normalized spacial score (nSPS) is 17.8. The van der Waals surface area contributed by atoms with Gasteiger partial charge in [-0.05, 0) is 37.3 Å². The maximum absolute atomic E-state index is 11.1. The third-order valence-electron chi connectivity index (χ3n) is 3.49. The Morgan fingerprint density at radius 1 is 1.44 bits per heavy atom. The average Bonchev–Trinajstić information content (AvgIpc) is 2.18. The molecule has 86 valence electrons. The first kappa shape index (κ1) is 11.1. The van der Waals surface area contributed by atoms with Gasteiger partial charge in [-0.1, -0.05) is 24.3 Å². The van der Waals surface area contributed by atoms with Gasteiger partial charge in [0, 0.05) is 6.54 Å². The van der Waals surface area contributed by atoms with E-state index in [2.05, 4.69) is 5.32 Å². The van der Waals surface area contributed by atoms with Crippen molar-refractivity contribution in [3.05, 3.63) is 35.4 Å². The van der Waals surface area contributed by atoms with Crippen LogP contribution in [0.25, 0.3) is 0 Å². The van der Waals surface area contributed by atoms with Crippen molar-refractivity contribution in [1.82, 2.24) is 5.32 Å². The third kappa shape index (κ3) is 1.95. The van der Waals surface area contributed by atoms with Crippen LogP contribution in [0.4, 0.5) is 0 Å². The van der Waals surface area contributed by atoms with Crippen LogP contribution in [0.15, 0.2) is 24.3 Å². The van der Waals surface area contributed by atoms with Crippen LogP contribution in [-0.4, -0.2) is 16.6 Å². The fourth-order valence-corrected chi connectivity index (χ4v) is 2.07. The van der Waals surface area contributed by atoms with Crippen molar-refractivity contribution in [2.75, 3.05) is 0 Å². The molecule has 1 aliphatic carbocycles. The molecule has 16 heavy (non-hydrogen) atoms. The second kappa shape index (κ2) is 4.26. The highest BCUT2D eigenvalue weighted by molar-refractivity contribution is 5.79. The van der Waals surface area contributed by atoms with Crippen molar-refractivity contribution >= 4 is 5.97 Å². The summed E-state index contributed by atoms with van der Waals surface area (Å²) in [6.07, 6.45) is 2.50. The SMILES string of the molecule is Cc1ccccc1CNC1(C(=O)O)CCC1. The molecule has 0 aliphatic heterocycles. The number of hydrogen-bond donors (Lipinski definition) is 2. The molecular formula is C13H17NO2. The molecule has 3 nitrogen and oxygen atoms in total. The zero-order valence-electron chi connectivity index (χ0n) is 9.49. The molecule has 0 aromatic heterocycles. The Morgan fingerprint density at radius 2 is 2.12 bits per heavy atom. The Labute approximate surface area is 95.5 Å². The summed E-state index contributed by atoms with van der Waals surface area (Å²) in [6.45, 7) is 2.68. The van der Waals surface area contributed by atoms with Gasteiger partial charge < -0.3 is 5.11 Å². The van der Waals surface area contributed by atoms with E-state index < -0.39 is 11.5 Å². The van der Waals surface area contributed by atoms with Crippen molar-refractivity contribution in [2.24, 2.45) is 0 Å². The Balaban J connectivity index is 2.02. The van der Waals surface area contributed by atoms with Crippen LogP contribution in [0, 0.1) is 6.92 Å². The van der Waals surface area contributed by atoms with Gasteiger partial charge in [-0.3, -0.25) is 10.1 Å². The molecule has 1 aromatic rings. The number of carbonyl (C=O) groups is 1. The second-order valence-corrected chi connectivity index (χ2v) is 4.52. The van der Waals surface area contributed by atoms with Gasteiger partial charge in [0.25, 0.3) is 0 Å². The molecule has 1 fully saturated rings. The number of aryl methyl sites for hydroxylation is 1. The summed E-state index contributed by atoms with van der Waals surface area (Å²) >= 11 is 0. The molecule has 0 spiro atoms. The summed E-state index contributed by atoms with van der Waals surface area (Å²) in [6, 6.07) is 8.06. The number of carboxylic acid groups (broad SMARTS) is 1. The highest BCUT2D eigenvalue weighted by atomic mass is 16.4. The molecule has 2 rings (SSSR count). The second-order valence-electron chi connectivity index (χ2n) is 4.52. The highest BCUT2D eigenvalue weighted by Gasteiger charge is 2.43. The first-order valence-corrected chi connectivity index (χ1v) is 5.67. The summed E-state index contributed by atoms with van der Waals surface area (Å²) in [5, 5.41) is 12.4. The smallest absolute Gasteiger partial charge is 0.323 e. The van der Waals surface area contributed by atoms with E-state index in [1.807, 2.05) is 31.2 Å². The fourth-order valence-electron chi connectivity index (χ4n) is 2.07. The van der Waals surface area contributed by atoms with Crippen molar-refractivity contribution < 1.29 is 9.90 Å². The summed E-state index contributed by atoms with van der Waals surface area (Å²) in [5.74, 6) is -0.715. The zero-order chi connectivity index (χ0) is 11.6. The number of nitrogens with one attached hydrogen (secondary N) is 1. The van der Waals surface area contributed by atoms with Gasteiger partial charge in [-0.15, -0.1) is 0 Å². The van der Waals surface area contributed by atoms with E-state index in [9.17, 15) is 4.79 Å². The lowest BCUT2D eigenvalue weighted by molar-refractivity contribution is -0.148. The van der Waals surface area contributed by atoms with E-state index >= 15 is 0 Å². The Kier molecular flexibility index (Phi) is 2.97. The minimum absolute atomic E-state index is 0.638. The van der Waals surface area contributed by atoms with Crippen LogP contribution in [0.3, 0.4) is 0 Å². The number of hydrogen-bond acceptors (Lipinski definition) is 2.